The van der Waals surface area contributed by atoms with E-state index in [0.29, 0.717) is 24.7 Å². The van der Waals surface area contributed by atoms with Crippen molar-refractivity contribution in [3.8, 4) is 6.01 Å². The number of ether oxygens (including phenoxy) is 1. The average Bonchev–Trinajstić information content (AvgIpc) is 2.38. The van der Waals surface area contributed by atoms with Crippen molar-refractivity contribution in [3.63, 3.8) is 0 Å². The molecule has 2 aliphatic rings. The van der Waals surface area contributed by atoms with Crippen molar-refractivity contribution in [3.05, 3.63) is 11.8 Å². The van der Waals surface area contributed by atoms with Crippen molar-refractivity contribution in [2.24, 2.45) is 0 Å². The number of hydrogen-bond donors (Lipinski definition) is 1. The van der Waals surface area contributed by atoms with Gasteiger partial charge in [-0.05, 0) is 32.6 Å². The van der Waals surface area contributed by atoms with Gasteiger partial charge in [-0.2, -0.15) is 4.98 Å². The van der Waals surface area contributed by atoms with E-state index in [1.807, 2.05) is 13.0 Å². The minimum atomic E-state index is -2.93. The Hall–Kier alpha value is -1.37. The van der Waals surface area contributed by atoms with Gasteiger partial charge in [0.1, 0.15) is 5.82 Å². The summed E-state index contributed by atoms with van der Waals surface area (Å²) in [5.41, 5.74) is 0.825. The number of rotatable bonds is 3. The van der Waals surface area contributed by atoms with E-state index >= 15 is 0 Å². The van der Waals surface area contributed by atoms with Gasteiger partial charge in [0.15, 0.2) is 9.84 Å². The molecule has 2 fully saturated rings. The molecule has 7 heteroatoms. The Morgan fingerprint density at radius 3 is 2.76 bits per heavy atom. The van der Waals surface area contributed by atoms with Crippen molar-refractivity contribution in [1.82, 2.24) is 9.97 Å². The normalized spacial score (nSPS) is 26.1. The Labute approximate surface area is 125 Å². The summed E-state index contributed by atoms with van der Waals surface area (Å²) in [5, 5.41) is 3.36. The maximum Gasteiger partial charge on any atom is 0.318 e. The number of methoxy groups -OCH3 is 1. The summed E-state index contributed by atoms with van der Waals surface area (Å²) in [6.45, 7) is 1.88. The van der Waals surface area contributed by atoms with E-state index in [-0.39, 0.29) is 11.8 Å². The summed E-state index contributed by atoms with van der Waals surface area (Å²) < 4.78 is 29.1. The Morgan fingerprint density at radius 1 is 1.38 bits per heavy atom. The Balaban J connectivity index is 1.76. The highest BCUT2D eigenvalue weighted by Crippen LogP contribution is 2.46. The van der Waals surface area contributed by atoms with E-state index in [1.165, 1.54) is 7.11 Å². The number of anilines is 1. The Bertz CT molecular complexity index is 641. The largest absolute Gasteiger partial charge is 0.467 e. The van der Waals surface area contributed by atoms with Gasteiger partial charge in [-0.1, -0.05) is 6.42 Å². The predicted molar refractivity (Wildman–Crippen MR) is 80.3 cm³/mol. The molecule has 3 rings (SSSR count). The molecule has 0 amide bonds. The first-order valence-corrected chi connectivity index (χ1v) is 8.98. The highest BCUT2D eigenvalue weighted by Gasteiger charge is 2.52. The molecule has 1 N–H and O–H groups in total. The fraction of sp³-hybridized carbons (Fsp3) is 0.714. The van der Waals surface area contributed by atoms with Crippen LogP contribution < -0.4 is 10.1 Å². The summed E-state index contributed by atoms with van der Waals surface area (Å²) in [6, 6.07) is 2.34. The number of nitrogens with one attached hydrogen (secondary N) is 1. The van der Waals surface area contributed by atoms with E-state index in [4.69, 9.17) is 4.74 Å². The summed E-state index contributed by atoms with van der Waals surface area (Å²) in [7, 11) is -1.39. The first kappa shape index (κ1) is 14.6. The molecule has 1 aromatic heterocycles. The van der Waals surface area contributed by atoms with Gasteiger partial charge in [-0.25, -0.2) is 13.4 Å². The lowest BCUT2D eigenvalue weighted by Crippen LogP contribution is -2.53. The number of aryl methyl sites for hydroxylation is 1. The van der Waals surface area contributed by atoms with Crippen LogP contribution in [0.1, 0.15) is 37.8 Å². The van der Waals surface area contributed by atoms with Crippen LogP contribution >= 0.6 is 0 Å². The van der Waals surface area contributed by atoms with E-state index in [0.717, 1.165) is 25.0 Å². The topological polar surface area (TPSA) is 81.2 Å². The standard InChI is InChI=1S/C14H21N3O3S/c1-10-8-12(17-13(15-10)20-2)16-11-4-7-21(18,19)14(9-11)5-3-6-14/h8,11H,3-7,9H2,1-2H3,(H,15,16,17). The van der Waals surface area contributed by atoms with Crippen LogP contribution in [0.15, 0.2) is 6.07 Å². The maximum absolute atomic E-state index is 12.3. The summed E-state index contributed by atoms with van der Waals surface area (Å²) >= 11 is 0. The molecule has 1 saturated heterocycles. The van der Waals surface area contributed by atoms with Crippen LogP contribution in [-0.2, 0) is 9.84 Å². The lowest BCUT2D eigenvalue weighted by molar-refractivity contribution is 0.289. The lowest BCUT2D eigenvalue weighted by atomic mass is 9.79. The molecule has 1 aliphatic carbocycles. The summed E-state index contributed by atoms with van der Waals surface area (Å²) in [5.74, 6) is 0.976. The molecule has 0 bridgehead atoms. The Morgan fingerprint density at radius 2 is 2.14 bits per heavy atom. The molecule has 1 atom stereocenters. The second-order valence-corrected chi connectivity index (χ2v) is 8.57. The molecule has 0 aromatic carbocycles. The molecule has 1 aromatic rings. The summed E-state index contributed by atoms with van der Waals surface area (Å²) in [6.07, 6.45) is 3.95. The van der Waals surface area contributed by atoms with Gasteiger partial charge in [-0.3, -0.25) is 0 Å². The number of nitrogens with zero attached hydrogens (tertiary/aromatic N) is 2. The van der Waals surface area contributed by atoms with Gasteiger partial charge in [0, 0.05) is 17.8 Å². The van der Waals surface area contributed by atoms with Gasteiger partial charge >= 0.3 is 6.01 Å². The van der Waals surface area contributed by atoms with Crippen molar-refractivity contribution in [2.45, 2.75) is 49.8 Å². The smallest absolute Gasteiger partial charge is 0.318 e. The lowest BCUT2D eigenvalue weighted by Gasteiger charge is -2.46. The molecule has 1 unspecified atom stereocenters. The second-order valence-electron chi connectivity index (χ2n) is 6.07. The fourth-order valence-corrected chi connectivity index (χ4v) is 5.71. The van der Waals surface area contributed by atoms with Gasteiger partial charge in [0.25, 0.3) is 0 Å². The number of aromatic nitrogens is 2. The molecular weight excluding hydrogens is 290 g/mol. The van der Waals surface area contributed by atoms with Crippen LogP contribution in [0, 0.1) is 6.92 Å². The van der Waals surface area contributed by atoms with Gasteiger partial charge < -0.3 is 10.1 Å². The van der Waals surface area contributed by atoms with E-state index in [2.05, 4.69) is 15.3 Å². The molecule has 1 spiro atoms. The van der Waals surface area contributed by atoms with Crippen molar-refractivity contribution in [2.75, 3.05) is 18.2 Å². The van der Waals surface area contributed by atoms with Crippen LogP contribution in [-0.4, -0.2) is 42.0 Å². The maximum atomic E-state index is 12.3. The molecular formula is C14H21N3O3S. The van der Waals surface area contributed by atoms with E-state index in [1.54, 1.807) is 0 Å². The SMILES string of the molecule is COc1nc(C)cc(NC2CCS(=O)(=O)C3(CCC3)C2)n1. The molecule has 1 saturated carbocycles. The molecule has 21 heavy (non-hydrogen) atoms. The zero-order valence-corrected chi connectivity index (χ0v) is 13.2. The van der Waals surface area contributed by atoms with Crippen LogP contribution in [0.5, 0.6) is 6.01 Å². The van der Waals surface area contributed by atoms with E-state index in [9.17, 15) is 8.42 Å². The van der Waals surface area contributed by atoms with Gasteiger partial charge in [0.2, 0.25) is 0 Å². The predicted octanol–water partition coefficient (Wildman–Crippen LogP) is 1.71. The van der Waals surface area contributed by atoms with Crippen molar-refractivity contribution >= 4 is 15.7 Å². The monoisotopic (exact) mass is 311 g/mol. The van der Waals surface area contributed by atoms with Crippen LogP contribution in [0.4, 0.5) is 5.82 Å². The molecule has 6 nitrogen and oxygen atoms in total. The molecule has 0 radical (unpaired) electrons. The van der Waals surface area contributed by atoms with E-state index < -0.39 is 14.6 Å². The highest BCUT2D eigenvalue weighted by molar-refractivity contribution is 7.92. The third kappa shape index (κ3) is 2.59. The van der Waals surface area contributed by atoms with Crippen LogP contribution in [0.25, 0.3) is 0 Å². The minimum Gasteiger partial charge on any atom is -0.467 e. The van der Waals surface area contributed by atoms with Crippen LogP contribution in [0.3, 0.4) is 0 Å². The zero-order valence-electron chi connectivity index (χ0n) is 12.4. The van der Waals surface area contributed by atoms with Crippen LogP contribution in [0.2, 0.25) is 0 Å². The third-order valence-electron chi connectivity index (χ3n) is 4.65. The quantitative estimate of drug-likeness (QED) is 0.915. The first-order chi connectivity index (χ1) is 9.94. The van der Waals surface area contributed by atoms with Gasteiger partial charge in [-0.15, -0.1) is 0 Å². The third-order valence-corrected chi connectivity index (χ3v) is 7.31. The number of hydrogen-bond acceptors (Lipinski definition) is 6. The zero-order chi connectivity index (χ0) is 15.1. The fourth-order valence-electron chi connectivity index (χ4n) is 3.32. The average molecular weight is 311 g/mol. The Kier molecular flexibility index (Phi) is 3.55. The molecule has 1 aliphatic heterocycles. The van der Waals surface area contributed by atoms with Crippen molar-refractivity contribution < 1.29 is 13.2 Å². The number of sulfone groups is 1. The second kappa shape index (κ2) is 5.12. The summed E-state index contributed by atoms with van der Waals surface area (Å²) in [4.78, 5) is 8.44. The molecule has 2 heterocycles. The van der Waals surface area contributed by atoms with Gasteiger partial charge in [0.05, 0.1) is 17.6 Å². The first-order valence-electron chi connectivity index (χ1n) is 7.33. The highest BCUT2D eigenvalue weighted by atomic mass is 32.2. The molecule has 116 valence electrons. The minimum absolute atomic E-state index is 0.146. The van der Waals surface area contributed by atoms with Crippen molar-refractivity contribution in [1.29, 1.82) is 0 Å².